The number of carboxylic acids is 1. The van der Waals surface area contributed by atoms with E-state index < -0.39 is 5.97 Å². The number of hydrogen-bond donors (Lipinski definition) is 1. The van der Waals surface area contributed by atoms with Gasteiger partial charge in [0.1, 0.15) is 6.61 Å². The third-order valence-electron chi connectivity index (χ3n) is 2.53. The van der Waals surface area contributed by atoms with Crippen molar-refractivity contribution in [1.82, 2.24) is 0 Å². The Hall–Kier alpha value is -1.95. The van der Waals surface area contributed by atoms with Crippen molar-refractivity contribution in [2.75, 3.05) is 34.5 Å². The smallest absolute Gasteiger partial charge is 0.329 e. The number of carbonyl (C=O) groups is 1. The molecule has 106 valence electrons. The first kappa shape index (κ1) is 15.1. The van der Waals surface area contributed by atoms with Crippen LogP contribution in [0, 0.1) is 0 Å². The third-order valence-corrected chi connectivity index (χ3v) is 2.53. The molecule has 19 heavy (non-hydrogen) atoms. The summed E-state index contributed by atoms with van der Waals surface area (Å²) in [5, 5.41) is 8.48. The summed E-state index contributed by atoms with van der Waals surface area (Å²) in [6.45, 7) is -0.0201. The molecule has 0 spiro atoms. The van der Waals surface area contributed by atoms with Crippen LogP contribution in [0.5, 0.6) is 17.2 Å². The maximum atomic E-state index is 10.3. The first-order chi connectivity index (χ1) is 9.13. The molecule has 0 bridgehead atoms. The third kappa shape index (κ3) is 4.03. The number of hydrogen-bond acceptors (Lipinski definition) is 5. The van der Waals surface area contributed by atoms with Gasteiger partial charge in [0.05, 0.1) is 27.9 Å². The average Bonchev–Trinajstić information content (AvgIpc) is 2.42. The number of methoxy groups -OCH3 is 3. The highest BCUT2D eigenvalue weighted by Gasteiger charge is 2.15. The zero-order chi connectivity index (χ0) is 14.3. The van der Waals surface area contributed by atoms with E-state index in [9.17, 15) is 4.79 Å². The van der Waals surface area contributed by atoms with Crippen molar-refractivity contribution in [2.24, 2.45) is 0 Å². The Balaban J connectivity index is 2.80. The van der Waals surface area contributed by atoms with Gasteiger partial charge in [-0.1, -0.05) is 6.07 Å². The molecule has 0 radical (unpaired) electrons. The first-order valence-corrected chi connectivity index (χ1v) is 5.71. The molecule has 1 aromatic rings. The topological polar surface area (TPSA) is 74.2 Å². The molecule has 6 nitrogen and oxygen atoms in total. The Morgan fingerprint density at radius 3 is 2.32 bits per heavy atom. The normalized spacial score (nSPS) is 10.1. The largest absolute Gasteiger partial charge is 0.493 e. The summed E-state index contributed by atoms with van der Waals surface area (Å²) < 4.78 is 20.7. The van der Waals surface area contributed by atoms with Gasteiger partial charge < -0.3 is 24.1 Å². The maximum absolute atomic E-state index is 10.3. The fourth-order valence-corrected chi connectivity index (χ4v) is 1.70. The summed E-state index contributed by atoms with van der Waals surface area (Å²) >= 11 is 0. The van der Waals surface area contributed by atoms with Gasteiger partial charge in [0.2, 0.25) is 5.75 Å². The second-order valence-corrected chi connectivity index (χ2v) is 3.69. The summed E-state index contributed by atoms with van der Waals surface area (Å²) in [5.41, 5.74) is 0.866. The zero-order valence-electron chi connectivity index (χ0n) is 11.3. The van der Waals surface area contributed by atoms with E-state index in [1.54, 1.807) is 20.3 Å². The van der Waals surface area contributed by atoms with E-state index >= 15 is 0 Å². The highest BCUT2D eigenvalue weighted by atomic mass is 16.5. The van der Waals surface area contributed by atoms with Crippen LogP contribution >= 0.6 is 0 Å². The lowest BCUT2D eigenvalue weighted by atomic mass is 10.1. The lowest BCUT2D eigenvalue weighted by Gasteiger charge is -2.15. The van der Waals surface area contributed by atoms with E-state index in [1.807, 2.05) is 6.07 Å². The molecule has 0 fully saturated rings. The SMILES string of the molecule is COc1ccc(CCOCC(=O)O)c(OC)c1OC. The Labute approximate surface area is 111 Å². The van der Waals surface area contributed by atoms with Gasteiger partial charge in [0, 0.05) is 5.56 Å². The summed E-state index contributed by atoms with van der Waals surface area (Å²) in [4.78, 5) is 10.3. The molecule has 0 amide bonds. The highest BCUT2D eigenvalue weighted by molar-refractivity contribution is 5.68. The number of rotatable bonds is 8. The number of carboxylic acid groups (broad SMARTS) is 1. The molecule has 0 unspecified atom stereocenters. The molecule has 1 rings (SSSR count). The second-order valence-electron chi connectivity index (χ2n) is 3.69. The van der Waals surface area contributed by atoms with Crippen LogP contribution in [-0.4, -0.2) is 45.6 Å². The number of ether oxygens (including phenoxy) is 4. The summed E-state index contributed by atoms with van der Waals surface area (Å²) in [6.07, 6.45) is 0.525. The molecule has 1 N–H and O–H groups in total. The number of aliphatic carboxylic acids is 1. The summed E-state index contributed by atoms with van der Waals surface area (Å²) in [7, 11) is 4.62. The quantitative estimate of drug-likeness (QED) is 0.719. The van der Waals surface area contributed by atoms with Crippen molar-refractivity contribution in [3.63, 3.8) is 0 Å². The van der Waals surface area contributed by atoms with Gasteiger partial charge in [-0.2, -0.15) is 0 Å². The average molecular weight is 270 g/mol. The van der Waals surface area contributed by atoms with E-state index in [2.05, 4.69) is 0 Å². The van der Waals surface area contributed by atoms with Crippen LogP contribution in [0.15, 0.2) is 12.1 Å². The van der Waals surface area contributed by atoms with Crippen molar-refractivity contribution < 1.29 is 28.8 Å². The molecule has 0 aliphatic heterocycles. The minimum atomic E-state index is -0.987. The molecule has 0 saturated heterocycles. The van der Waals surface area contributed by atoms with Crippen LogP contribution < -0.4 is 14.2 Å². The molecule has 1 aromatic carbocycles. The van der Waals surface area contributed by atoms with Gasteiger partial charge in [-0.25, -0.2) is 4.79 Å². The van der Waals surface area contributed by atoms with Crippen molar-refractivity contribution in [3.05, 3.63) is 17.7 Å². The summed E-state index contributed by atoms with van der Waals surface area (Å²) in [5.74, 6) is 0.676. The molecule has 6 heteroatoms. The molecule has 0 heterocycles. The lowest BCUT2D eigenvalue weighted by Crippen LogP contribution is -2.09. The van der Waals surface area contributed by atoms with E-state index in [0.717, 1.165) is 5.56 Å². The van der Waals surface area contributed by atoms with Gasteiger partial charge in [0.25, 0.3) is 0 Å². The van der Waals surface area contributed by atoms with Gasteiger partial charge in [-0.3, -0.25) is 0 Å². The zero-order valence-corrected chi connectivity index (χ0v) is 11.3. The fraction of sp³-hybridized carbons (Fsp3) is 0.462. The second kappa shape index (κ2) is 7.48. The first-order valence-electron chi connectivity index (χ1n) is 5.71. The Kier molecular flexibility index (Phi) is 5.95. The van der Waals surface area contributed by atoms with Crippen molar-refractivity contribution in [3.8, 4) is 17.2 Å². The molecular weight excluding hydrogens is 252 g/mol. The lowest BCUT2D eigenvalue weighted by molar-refractivity contribution is -0.142. The van der Waals surface area contributed by atoms with Crippen molar-refractivity contribution >= 4 is 5.97 Å². The fourth-order valence-electron chi connectivity index (χ4n) is 1.70. The van der Waals surface area contributed by atoms with Gasteiger partial charge in [-0.15, -0.1) is 0 Å². The minimum absolute atomic E-state index is 0.290. The van der Waals surface area contributed by atoms with Crippen LogP contribution in [0.2, 0.25) is 0 Å². The molecular formula is C13H18O6. The van der Waals surface area contributed by atoms with Gasteiger partial charge in [-0.05, 0) is 12.5 Å². The van der Waals surface area contributed by atoms with Crippen LogP contribution in [-0.2, 0) is 16.0 Å². The van der Waals surface area contributed by atoms with Gasteiger partial charge >= 0.3 is 5.97 Å². The van der Waals surface area contributed by atoms with Crippen LogP contribution in [0.4, 0.5) is 0 Å². The van der Waals surface area contributed by atoms with E-state index in [1.165, 1.54) is 7.11 Å². The maximum Gasteiger partial charge on any atom is 0.329 e. The predicted molar refractivity (Wildman–Crippen MR) is 68.3 cm³/mol. The Morgan fingerprint density at radius 2 is 1.79 bits per heavy atom. The molecule has 0 saturated carbocycles. The molecule has 0 aliphatic rings. The van der Waals surface area contributed by atoms with Gasteiger partial charge in [0.15, 0.2) is 11.5 Å². The number of benzene rings is 1. The van der Waals surface area contributed by atoms with Crippen LogP contribution in [0.1, 0.15) is 5.56 Å². The highest BCUT2D eigenvalue weighted by Crippen LogP contribution is 2.39. The summed E-state index contributed by atoms with van der Waals surface area (Å²) in [6, 6.07) is 3.61. The minimum Gasteiger partial charge on any atom is -0.493 e. The van der Waals surface area contributed by atoms with Crippen molar-refractivity contribution in [2.45, 2.75) is 6.42 Å². The predicted octanol–water partition coefficient (Wildman–Crippen LogP) is 1.36. The Morgan fingerprint density at radius 1 is 1.11 bits per heavy atom. The van der Waals surface area contributed by atoms with E-state index in [4.69, 9.17) is 24.1 Å². The molecule has 0 aromatic heterocycles. The monoisotopic (exact) mass is 270 g/mol. The van der Waals surface area contributed by atoms with Crippen LogP contribution in [0.25, 0.3) is 0 Å². The van der Waals surface area contributed by atoms with E-state index in [-0.39, 0.29) is 13.2 Å². The molecule has 0 aliphatic carbocycles. The molecule has 0 atom stereocenters. The van der Waals surface area contributed by atoms with E-state index in [0.29, 0.717) is 23.7 Å². The van der Waals surface area contributed by atoms with Crippen LogP contribution in [0.3, 0.4) is 0 Å². The van der Waals surface area contributed by atoms with Crippen molar-refractivity contribution in [1.29, 1.82) is 0 Å². The standard InChI is InChI=1S/C13H18O6/c1-16-10-5-4-9(6-7-19-8-11(14)15)12(17-2)13(10)18-3/h4-5H,6-8H2,1-3H3,(H,14,15). The Bertz CT molecular complexity index is 429.